The van der Waals surface area contributed by atoms with Crippen LogP contribution in [-0.4, -0.2) is 35.5 Å². The molecule has 0 spiro atoms. The summed E-state index contributed by atoms with van der Waals surface area (Å²) >= 11 is 0. The lowest BCUT2D eigenvalue weighted by Crippen LogP contribution is -2.29. The van der Waals surface area contributed by atoms with E-state index in [2.05, 4.69) is 0 Å². The van der Waals surface area contributed by atoms with Gasteiger partial charge in [0.25, 0.3) is 0 Å². The molecule has 2 fully saturated rings. The minimum atomic E-state index is -0.841. The van der Waals surface area contributed by atoms with Crippen LogP contribution >= 0.6 is 0 Å². The van der Waals surface area contributed by atoms with E-state index in [-0.39, 0.29) is 18.3 Å². The van der Waals surface area contributed by atoms with Crippen molar-refractivity contribution in [2.24, 2.45) is 0 Å². The normalized spacial score (nSPS) is 51.0. The van der Waals surface area contributed by atoms with E-state index < -0.39 is 12.1 Å². The first-order valence-corrected chi connectivity index (χ1v) is 4.19. The number of fused-ring (bicyclic) bond motifs is 1. The second-order valence-corrected chi connectivity index (χ2v) is 3.80. The molecule has 0 saturated carbocycles. The minimum Gasteiger partial charge on any atom is -0.366 e. The number of rotatable bonds is 0. The highest BCUT2D eigenvalue weighted by atomic mass is 16.8. The SMILES string of the molecule is CC1OC(O)C2OC(C)(C)OC12. The van der Waals surface area contributed by atoms with Crippen molar-refractivity contribution in [1.29, 1.82) is 0 Å². The summed E-state index contributed by atoms with van der Waals surface area (Å²) < 4.78 is 16.1. The maximum Gasteiger partial charge on any atom is 0.184 e. The summed E-state index contributed by atoms with van der Waals surface area (Å²) in [5.74, 6) is -0.589. The number of hydrogen-bond donors (Lipinski definition) is 1. The average molecular weight is 174 g/mol. The molecule has 1 N–H and O–H groups in total. The molecule has 2 saturated heterocycles. The maximum absolute atomic E-state index is 9.37. The molecule has 4 unspecified atom stereocenters. The topological polar surface area (TPSA) is 47.9 Å². The van der Waals surface area contributed by atoms with E-state index in [0.717, 1.165) is 0 Å². The Morgan fingerprint density at radius 3 is 2.33 bits per heavy atom. The molecule has 2 aliphatic heterocycles. The van der Waals surface area contributed by atoms with Crippen LogP contribution in [0.5, 0.6) is 0 Å². The highest BCUT2D eigenvalue weighted by molar-refractivity contribution is 4.92. The van der Waals surface area contributed by atoms with Crippen molar-refractivity contribution in [3.8, 4) is 0 Å². The molecule has 0 aromatic carbocycles. The third kappa shape index (κ3) is 1.15. The lowest BCUT2D eigenvalue weighted by molar-refractivity contribution is -0.217. The minimum absolute atomic E-state index is 0.0909. The third-order valence-corrected chi connectivity index (χ3v) is 2.26. The van der Waals surface area contributed by atoms with Gasteiger partial charge in [0.1, 0.15) is 12.2 Å². The maximum atomic E-state index is 9.37. The van der Waals surface area contributed by atoms with Crippen molar-refractivity contribution in [3.05, 3.63) is 0 Å². The fourth-order valence-corrected chi connectivity index (χ4v) is 1.78. The van der Waals surface area contributed by atoms with Crippen molar-refractivity contribution in [3.63, 3.8) is 0 Å². The standard InChI is InChI=1S/C8H14O4/c1-4-5-6(7(9)10-4)12-8(2,3)11-5/h4-7,9H,1-3H3. The highest BCUT2D eigenvalue weighted by Crippen LogP contribution is 2.37. The van der Waals surface area contributed by atoms with Gasteiger partial charge in [-0.2, -0.15) is 0 Å². The molecule has 4 nitrogen and oxygen atoms in total. The summed E-state index contributed by atoms with van der Waals surface area (Å²) in [5.41, 5.74) is 0. The highest BCUT2D eigenvalue weighted by Gasteiger charge is 2.53. The second-order valence-electron chi connectivity index (χ2n) is 3.80. The zero-order valence-corrected chi connectivity index (χ0v) is 7.48. The van der Waals surface area contributed by atoms with Crippen LogP contribution < -0.4 is 0 Å². The Labute approximate surface area is 71.4 Å². The van der Waals surface area contributed by atoms with Gasteiger partial charge in [-0.1, -0.05) is 0 Å². The summed E-state index contributed by atoms with van der Waals surface area (Å²) in [6.07, 6.45) is -1.39. The Kier molecular flexibility index (Phi) is 1.70. The van der Waals surface area contributed by atoms with E-state index in [1.807, 2.05) is 20.8 Å². The molecule has 0 aromatic rings. The van der Waals surface area contributed by atoms with Crippen LogP contribution in [0.3, 0.4) is 0 Å². The van der Waals surface area contributed by atoms with Crippen LogP contribution in [0.4, 0.5) is 0 Å². The number of aliphatic hydroxyl groups excluding tert-OH is 1. The van der Waals surface area contributed by atoms with Gasteiger partial charge in [-0.15, -0.1) is 0 Å². The molecule has 2 rings (SSSR count). The first-order valence-electron chi connectivity index (χ1n) is 4.19. The molecule has 0 amide bonds. The zero-order chi connectivity index (χ0) is 8.93. The van der Waals surface area contributed by atoms with Crippen molar-refractivity contribution in [2.45, 2.75) is 51.2 Å². The Balaban J connectivity index is 2.15. The van der Waals surface area contributed by atoms with E-state index in [4.69, 9.17) is 14.2 Å². The van der Waals surface area contributed by atoms with E-state index in [0.29, 0.717) is 0 Å². The molecule has 0 radical (unpaired) electrons. The Morgan fingerprint density at radius 1 is 1.17 bits per heavy atom. The van der Waals surface area contributed by atoms with Crippen LogP contribution in [0.25, 0.3) is 0 Å². The van der Waals surface area contributed by atoms with Gasteiger partial charge in [-0.25, -0.2) is 0 Å². The van der Waals surface area contributed by atoms with Crippen LogP contribution in [0.2, 0.25) is 0 Å². The molecular weight excluding hydrogens is 160 g/mol. The van der Waals surface area contributed by atoms with Gasteiger partial charge in [-0.05, 0) is 20.8 Å². The summed E-state index contributed by atoms with van der Waals surface area (Å²) in [7, 11) is 0. The quantitative estimate of drug-likeness (QED) is 0.571. The monoisotopic (exact) mass is 174 g/mol. The van der Waals surface area contributed by atoms with Gasteiger partial charge in [-0.3, -0.25) is 0 Å². The van der Waals surface area contributed by atoms with Crippen molar-refractivity contribution in [1.82, 2.24) is 0 Å². The first kappa shape index (κ1) is 8.44. The van der Waals surface area contributed by atoms with Crippen LogP contribution in [0.15, 0.2) is 0 Å². The van der Waals surface area contributed by atoms with Crippen molar-refractivity contribution in [2.75, 3.05) is 0 Å². The third-order valence-electron chi connectivity index (χ3n) is 2.26. The van der Waals surface area contributed by atoms with E-state index in [1.54, 1.807) is 0 Å². The first-order chi connectivity index (χ1) is 5.49. The molecule has 70 valence electrons. The predicted octanol–water partition coefficient (Wildman–Crippen LogP) is 0.244. The van der Waals surface area contributed by atoms with Gasteiger partial charge in [0, 0.05) is 0 Å². The van der Waals surface area contributed by atoms with Crippen LogP contribution in [-0.2, 0) is 14.2 Å². The lowest BCUT2D eigenvalue weighted by atomic mass is 10.2. The van der Waals surface area contributed by atoms with Gasteiger partial charge in [0.15, 0.2) is 12.1 Å². The molecular formula is C8H14O4. The summed E-state index contributed by atoms with van der Waals surface area (Å²) in [6.45, 7) is 5.55. The number of aliphatic hydroxyl groups is 1. The van der Waals surface area contributed by atoms with Gasteiger partial charge < -0.3 is 19.3 Å². The largest absolute Gasteiger partial charge is 0.366 e. The molecule has 4 heteroatoms. The van der Waals surface area contributed by atoms with Gasteiger partial charge in [0.05, 0.1) is 6.10 Å². The summed E-state index contributed by atoms with van der Waals surface area (Å²) in [6, 6.07) is 0. The van der Waals surface area contributed by atoms with E-state index in [1.165, 1.54) is 0 Å². The Bertz CT molecular complexity index is 173. The predicted molar refractivity (Wildman–Crippen MR) is 40.4 cm³/mol. The molecule has 4 atom stereocenters. The molecule has 0 aliphatic carbocycles. The van der Waals surface area contributed by atoms with Gasteiger partial charge in [0.2, 0.25) is 0 Å². The second kappa shape index (κ2) is 2.42. The average Bonchev–Trinajstić information content (AvgIpc) is 2.34. The van der Waals surface area contributed by atoms with Crippen molar-refractivity contribution < 1.29 is 19.3 Å². The van der Waals surface area contributed by atoms with Gasteiger partial charge >= 0.3 is 0 Å². The Hall–Kier alpha value is -0.160. The summed E-state index contributed by atoms with van der Waals surface area (Å²) in [5, 5.41) is 9.37. The Morgan fingerprint density at radius 2 is 1.75 bits per heavy atom. The van der Waals surface area contributed by atoms with Crippen LogP contribution in [0.1, 0.15) is 20.8 Å². The molecule has 2 heterocycles. The fourth-order valence-electron chi connectivity index (χ4n) is 1.78. The van der Waals surface area contributed by atoms with Crippen LogP contribution in [0, 0.1) is 0 Å². The number of hydrogen-bond acceptors (Lipinski definition) is 4. The van der Waals surface area contributed by atoms with Crippen molar-refractivity contribution >= 4 is 0 Å². The van der Waals surface area contributed by atoms with E-state index >= 15 is 0 Å². The smallest absolute Gasteiger partial charge is 0.184 e. The number of ether oxygens (including phenoxy) is 3. The lowest BCUT2D eigenvalue weighted by Gasteiger charge is -2.20. The van der Waals surface area contributed by atoms with E-state index in [9.17, 15) is 5.11 Å². The zero-order valence-electron chi connectivity index (χ0n) is 7.48. The molecule has 2 aliphatic rings. The molecule has 0 bridgehead atoms. The molecule has 0 aromatic heterocycles. The fraction of sp³-hybridized carbons (Fsp3) is 1.00. The summed E-state index contributed by atoms with van der Waals surface area (Å²) in [4.78, 5) is 0. The molecule has 12 heavy (non-hydrogen) atoms.